The van der Waals surface area contributed by atoms with Crippen molar-refractivity contribution in [2.45, 2.75) is 6.18 Å². The molecule has 0 saturated carbocycles. The molecule has 1 N–H and O–H groups in total. The SMILES string of the molecule is O=C(COC(=O)COc1cccc(C(F)(F)F)c1)Nc1ccc(F)c(F)c1. The molecule has 2 aromatic carbocycles. The highest BCUT2D eigenvalue weighted by atomic mass is 19.4. The molecule has 1 amide bonds. The largest absolute Gasteiger partial charge is 0.482 e. The maximum absolute atomic E-state index is 13.0. The van der Waals surface area contributed by atoms with Crippen molar-refractivity contribution in [2.24, 2.45) is 0 Å². The summed E-state index contributed by atoms with van der Waals surface area (Å²) in [5, 5.41) is 2.17. The lowest BCUT2D eigenvalue weighted by molar-refractivity contribution is -0.149. The quantitative estimate of drug-likeness (QED) is 0.606. The fourth-order valence-electron chi connectivity index (χ4n) is 1.86. The van der Waals surface area contributed by atoms with Crippen molar-refractivity contribution in [3.05, 3.63) is 59.7 Å². The average molecular weight is 389 g/mol. The van der Waals surface area contributed by atoms with Crippen LogP contribution in [0, 0.1) is 11.6 Å². The molecule has 0 unspecified atom stereocenters. The van der Waals surface area contributed by atoms with Crippen LogP contribution in [0.5, 0.6) is 5.75 Å². The highest BCUT2D eigenvalue weighted by Gasteiger charge is 2.30. The maximum atomic E-state index is 13.0. The van der Waals surface area contributed by atoms with Gasteiger partial charge in [0.1, 0.15) is 5.75 Å². The first kappa shape index (κ1) is 20.1. The number of hydrogen-bond donors (Lipinski definition) is 1. The number of anilines is 1. The van der Waals surface area contributed by atoms with Crippen molar-refractivity contribution in [2.75, 3.05) is 18.5 Å². The molecule has 0 aliphatic heterocycles. The maximum Gasteiger partial charge on any atom is 0.416 e. The smallest absolute Gasteiger partial charge is 0.416 e. The standard InChI is InChI=1S/C17H12F5NO4/c18-13-5-4-11(7-14(13)19)23-15(24)8-27-16(25)9-26-12-3-1-2-10(6-12)17(20,21)22/h1-7H,8-9H2,(H,23,24). The summed E-state index contributed by atoms with van der Waals surface area (Å²) in [5.41, 5.74) is -0.991. The van der Waals surface area contributed by atoms with Crippen molar-refractivity contribution in [1.29, 1.82) is 0 Å². The Bertz CT molecular complexity index is 838. The Morgan fingerprint density at radius 2 is 1.70 bits per heavy atom. The van der Waals surface area contributed by atoms with Gasteiger partial charge in [0.2, 0.25) is 0 Å². The summed E-state index contributed by atoms with van der Waals surface area (Å²) in [4.78, 5) is 23.1. The first-order valence-corrected chi connectivity index (χ1v) is 7.36. The number of rotatable bonds is 6. The topological polar surface area (TPSA) is 64.6 Å². The molecule has 5 nitrogen and oxygen atoms in total. The number of ether oxygens (including phenoxy) is 2. The van der Waals surface area contributed by atoms with Crippen LogP contribution in [0.15, 0.2) is 42.5 Å². The number of alkyl halides is 3. The molecule has 2 rings (SSSR count). The van der Waals surface area contributed by atoms with Gasteiger partial charge in [-0.3, -0.25) is 4.79 Å². The van der Waals surface area contributed by atoms with Crippen LogP contribution < -0.4 is 10.1 Å². The minimum Gasteiger partial charge on any atom is -0.482 e. The van der Waals surface area contributed by atoms with E-state index in [1.165, 1.54) is 6.07 Å². The van der Waals surface area contributed by atoms with Crippen LogP contribution >= 0.6 is 0 Å². The average Bonchev–Trinajstić information content (AvgIpc) is 2.61. The molecule has 0 aromatic heterocycles. The van der Waals surface area contributed by atoms with E-state index in [4.69, 9.17) is 4.74 Å². The number of carbonyl (C=O) groups is 2. The minimum atomic E-state index is -4.56. The van der Waals surface area contributed by atoms with Gasteiger partial charge in [-0.05, 0) is 30.3 Å². The van der Waals surface area contributed by atoms with Crippen molar-refractivity contribution in [3.63, 3.8) is 0 Å². The van der Waals surface area contributed by atoms with Gasteiger partial charge in [-0.1, -0.05) is 6.07 Å². The van der Waals surface area contributed by atoms with Gasteiger partial charge in [0.15, 0.2) is 24.8 Å². The lowest BCUT2D eigenvalue weighted by Gasteiger charge is -2.10. The number of benzene rings is 2. The Labute approximate surface area is 149 Å². The number of hydrogen-bond acceptors (Lipinski definition) is 4. The molecular weight excluding hydrogens is 377 g/mol. The molecule has 0 heterocycles. The number of esters is 1. The zero-order valence-electron chi connectivity index (χ0n) is 13.5. The monoisotopic (exact) mass is 389 g/mol. The Morgan fingerprint density at radius 1 is 0.963 bits per heavy atom. The molecule has 0 spiro atoms. The molecule has 0 saturated heterocycles. The molecule has 0 aliphatic carbocycles. The second-order valence-corrected chi connectivity index (χ2v) is 5.15. The van der Waals surface area contributed by atoms with E-state index in [1.807, 2.05) is 0 Å². The van der Waals surface area contributed by atoms with Gasteiger partial charge in [0.25, 0.3) is 5.91 Å². The first-order valence-electron chi connectivity index (χ1n) is 7.36. The Morgan fingerprint density at radius 3 is 2.37 bits per heavy atom. The predicted octanol–water partition coefficient (Wildman–Crippen LogP) is 3.54. The summed E-state index contributed by atoms with van der Waals surface area (Å²) >= 11 is 0. The third kappa shape index (κ3) is 6.24. The summed E-state index contributed by atoms with van der Waals surface area (Å²) in [5.74, 6) is -4.29. The van der Waals surface area contributed by atoms with Crippen LogP contribution in [0.1, 0.15) is 5.56 Å². The van der Waals surface area contributed by atoms with Crippen LogP contribution in [-0.2, 0) is 20.5 Å². The van der Waals surface area contributed by atoms with Gasteiger partial charge in [0.05, 0.1) is 5.56 Å². The summed E-state index contributed by atoms with van der Waals surface area (Å²) in [6.07, 6.45) is -4.56. The molecular formula is C17H12F5NO4. The highest BCUT2D eigenvalue weighted by molar-refractivity contribution is 5.92. The Hall–Kier alpha value is -3.17. The molecule has 0 fully saturated rings. The van der Waals surface area contributed by atoms with Crippen molar-refractivity contribution >= 4 is 17.6 Å². The zero-order valence-corrected chi connectivity index (χ0v) is 13.5. The van der Waals surface area contributed by atoms with Gasteiger partial charge < -0.3 is 14.8 Å². The second kappa shape index (κ2) is 8.47. The van der Waals surface area contributed by atoms with Crippen LogP contribution in [0.3, 0.4) is 0 Å². The molecule has 0 radical (unpaired) electrons. The first-order chi connectivity index (χ1) is 12.6. The van der Waals surface area contributed by atoms with Crippen molar-refractivity contribution in [1.82, 2.24) is 0 Å². The van der Waals surface area contributed by atoms with E-state index in [0.29, 0.717) is 6.07 Å². The van der Waals surface area contributed by atoms with Crippen LogP contribution in [0.4, 0.5) is 27.6 Å². The highest BCUT2D eigenvalue weighted by Crippen LogP contribution is 2.31. The normalized spacial score (nSPS) is 11.0. The number of carbonyl (C=O) groups excluding carboxylic acids is 2. The summed E-state index contributed by atoms with van der Waals surface area (Å²) in [6, 6.07) is 6.54. The van der Waals surface area contributed by atoms with Gasteiger partial charge in [-0.2, -0.15) is 13.2 Å². The van der Waals surface area contributed by atoms with E-state index in [0.717, 1.165) is 30.3 Å². The van der Waals surface area contributed by atoms with Gasteiger partial charge >= 0.3 is 12.1 Å². The molecule has 2 aromatic rings. The van der Waals surface area contributed by atoms with E-state index >= 15 is 0 Å². The van der Waals surface area contributed by atoms with Gasteiger partial charge in [-0.15, -0.1) is 0 Å². The summed E-state index contributed by atoms with van der Waals surface area (Å²) in [7, 11) is 0. The fourth-order valence-corrected chi connectivity index (χ4v) is 1.86. The zero-order chi connectivity index (χ0) is 20.0. The molecule has 144 valence electrons. The van der Waals surface area contributed by atoms with Crippen LogP contribution in [0.2, 0.25) is 0 Å². The Kier molecular flexibility index (Phi) is 6.32. The Balaban J connectivity index is 1.79. The number of nitrogens with one attached hydrogen (secondary N) is 1. The van der Waals surface area contributed by atoms with E-state index in [1.54, 1.807) is 0 Å². The predicted molar refractivity (Wildman–Crippen MR) is 82.9 cm³/mol. The third-order valence-corrected chi connectivity index (χ3v) is 3.09. The molecule has 10 heteroatoms. The van der Waals surface area contributed by atoms with E-state index < -0.39 is 48.5 Å². The lowest BCUT2D eigenvalue weighted by Crippen LogP contribution is -2.23. The van der Waals surface area contributed by atoms with E-state index in [-0.39, 0.29) is 11.4 Å². The summed E-state index contributed by atoms with van der Waals surface area (Å²) < 4.78 is 72.9. The molecule has 0 aliphatic rings. The van der Waals surface area contributed by atoms with E-state index in [2.05, 4.69) is 10.1 Å². The second-order valence-electron chi connectivity index (χ2n) is 5.15. The molecule has 0 bridgehead atoms. The minimum absolute atomic E-state index is 0.0461. The fraction of sp³-hybridized carbons (Fsp3) is 0.176. The number of halogens is 5. The third-order valence-electron chi connectivity index (χ3n) is 3.09. The summed E-state index contributed by atoms with van der Waals surface area (Å²) in [6.45, 7) is -1.47. The van der Waals surface area contributed by atoms with Gasteiger partial charge in [-0.25, -0.2) is 13.6 Å². The van der Waals surface area contributed by atoms with Crippen LogP contribution in [0.25, 0.3) is 0 Å². The van der Waals surface area contributed by atoms with E-state index in [9.17, 15) is 31.5 Å². The van der Waals surface area contributed by atoms with Gasteiger partial charge in [0, 0.05) is 11.8 Å². The molecule has 27 heavy (non-hydrogen) atoms. The number of amides is 1. The lowest BCUT2D eigenvalue weighted by atomic mass is 10.2. The molecule has 0 atom stereocenters. The van der Waals surface area contributed by atoms with Crippen molar-refractivity contribution in [3.8, 4) is 5.75 Å². The van der Waals surface area contributed by atoms with Crippen LogP contribution in [-0.4, -0.2) is 25.1 Å². The van der Waals surface area contributed by atoms with Crippen molar-refractivity contribution < 1.29 is 41.0 Å².